The molecule has 1 aliphatic heterocycles. The molecular weight excluding hydrogens is 406 g/mol. The Hall–Kier alpha value is -3.38. The average Bonchev–Trinajstić information content (AvgIpc) is 3.41. The average molecular weight is 432 g/mol. The van der Waals surface area contributed by atoms with Gasteiger partial charge in [-0.05, 0) is 61.7 Å². The number of imide groups is 1. The number of hydrogen-bond acceptors (Lipinski definition) is 5. The van der Waals surface area contributed by atoms with Gasteiger partial charge < -0.3 is 9.80 Å². The van der Waals surface area contributed by atoms with E-state index in [9.17, 15) is 9.59 Å². The van der Waals surface area contributed by atoms with Gasteiger partial charge in [0.25, 0.3) is 11.8 Å². The summed E-state index contributed by atoms with van der Waals surface area (Å²) in [5.74, 6) is -0.601. The molecular formula is C25H25N3O2S. The van der Waals surface area contributed by atoms with E-state index in [0.29, 0.717) is 17.0 Å². The molecule has 0 saturated heterocycles. The van der Waals surface area contributed by atoms with Gasteiger partial charge in [0.15, 0.2) is 0 Å². The smallest absolute Gasteiger partial charge is 0.282 e. The maximum Gasteiger partial charge on any atom is 0.282 e. The zero-order valence-corrected chi connectivity index (χ0v) is 18.7. The molecule has 6 heteroatoms. The minimum atomic E-state index is -0.310. The summed E-state index contributed by atoms with van der Waals surface area (Å²) in [7, 11) is 1.83. The number of nitrogens with zero attached hydrogens (tertiary/aromatic N) is 3. The first-order valence-corrected chi connectivity index (χ1v) is 11.3. The molecule has 2 aromatic carbocycles. The molecule has 1 aromatic heterocycles. The molecule has 158 valence electrons. The molecule has 2 amide bonds. The maximum absolute atomic E-state index is 13.6. The Kier molecular flexibility index (Phi) is 5.91. The first-order valence-electron chi connectivity index (χ1n) is 10.4. The van der Waals surface area contributed by atoms with E-state index in [1.807, 2.05) is 79.2 Å². The van der Waals surface area contributed by atoms with Crippen molar-refractivity contribution in [3.63, 3.8) is 0 Å². The van der Waals surface area contributed by atoms with Crippen LogP contribution >= 0.6 is 11.3 Å². The van der Waals surface area contributed by atoms with Gasteiger partial charge in [-0.1, -0.05) is 24.3 Å². The van der Waals surface area contributed by atoms with Crippen molar-refractivity contribution in [2.75, 3.05) is 34.8 Å². The topological polar surface area (TPSA) is 43.9 Å². The molecule has 0 saturated carbocycles. The third-order valence-electron chi connectivity index (χ3n) is 5.54. The number of carbonyl (C=O) groups excluding carboxylic acids is 2. The van der Waals surface area contributed by atoms with Gasteiger partial charge in [-0.3, -0.25) is 9.59 Å². The van der Waals surface area contributed by atoms with Crippen molar-refractivity contribution in [3.8, 4) is 0 Å². The Morgan fingerprint density at radius 3 is 2.06 bits per heavy atom. The summed E-state index contributed by atoms with van der Waals surface area (Å²) in [6.45, 7) is 6.00. The fraction of sp³-hybridized carbons (Fsp3) is 0.200. The van der Waals surface area contributed by atoms with Crippen LogP contribution in [0.4, 0.5) is 17.1 Å². The summed E-state index contributed by atoms with van der Waals surface area (Å²) < 4.78 is 0. The Balaban J connectivity index is 1.75. The minimum Gasteiger partial charge on any atom is -0.372 e. The van der Waals surface area contributed by atoms with Crippen LogP contribution in [0.3, 0.4) is 0 Å². The van der Waals surface area contributed by atoms with E-state index in [1.165, 1.54) is 16.2 Å². The Morgan fingerprint density at radius 1 is 0.806 bits per heavy atom. The molecule has 0 N–H and O–H groups in total. The molecule has 1 aliphatic rings. The monoisotopic (exact) mass is 431 g/mol. The van der Waals surface area contributed by atoms with Crippen LogP contribution in [0.25, 0.3) is 5.57 Å². The third-order valence-corrected chi connectivity index (χ3v) is 6.43. The van der Waals surface area contributed by atoms with Crippen molar-refractivity contribution in [1.82, 2.24) is 0 Å². The quantitative estimate of drug-likeness (QED) is 0.493. The molecule has 2 heterocycles. The van der Waals surface area contributed by atoms with Crippen molar-refractivity contribution in [2.45, 2.75) is 13.8 Å². The van der Waals surface area contributed by atoms with E-state index in [2.05, 4.69) is 18.7 Å². The van der Waals surface area contributed by atoms with E-state index in [1.54, 1.807) is 4.90 Å². The van der Waals surface area contributed by atoms with Gasteiger partial charge in [-0.25, -0.2) is 4.90 Å². The van der Waals surface area contributed by atoms with Crippen LogP contribution in [0.5, 0.6) is 0 Å². The third kappa shape index (κ3) is 3.75. The van der Waals surface area contributed by atoms with Crippen LogP contribution < -0.4 is 14.7 Å². The predicted molar refractivity (Wildman–Crippen MR) is 129 cm³/mol. The summed E-state index contributed by atoms with van der Waals surface area (Å²) in [6, 6.07) is 21.0. The standard InChI is InChI=1S/C25H25N3O2S/c1-4-27(5-2)19-13-15-20(16-14-19)28-24(29)22(21-12-9-17-31-21)23(25(28)30)26(3)18-10-7-6-8-11-18/h6-17H,4-5H2,1-3H3. The second-order valence-electron chi connectivity index (χ2n) is 7.23. The van der Waals surface area contributed by atoms with E-state index >= 15 is 0 Å². The molecule has 0 bridgehead atoms. The minimum absolute atomic E-state index is 0.291. The van der Waals surface area contributed by atoms with Gasteiger partial charge in [0, 0.05) is 36.4 Å². The lowest BCUT2D eigenvalue weighted by Crippen LogP contribution is -2.34. The first-order chi connectivity index (χ1) is 15.1. The van der Waals surface area contributed by atoms with Gasteiger partial charge >= 0.3 is 0 Å². The van der Waals surface area contributed by atoms with Gasteiger partial charge in [-0.15, -0.1) is 11.3 Å². The van der Waals surface area contributed by atoms with Gasteiger partial charge in [0.1, 0.15) is 5.70 Å². The highest BCUT2D eigenvalue weighted by Gasteiger charge is 2.42. The summed E-state index contributed by atoms with van der Waals surface area (Å²) in [4.78, 5) is 33.2. The van der Waals surface area contributed by atoms with Crippen LogP contribution in [-0.2, 0) is 9.59 Å². The van der Waals surface area contributed by atoms with Crippen LogP contribution in [-0.4, -0.2) is 32.0 Å². The number of benzene rings is 2. The van der Waals surface area contributed by atoms with Gasteiger partial charge in [-0.2, -0.15) is 0 Å². The molecule has 3 aromatic rings. The lowest BCUT2D eigenvalue weighted by Gasteiger charge is -2.23. The fourth-order valence-corrected chi connectivity index (χ4v) is 4.65. The molecule has 0 spiro atoms. The molecule has 4 rings (SSSR count). The summed E-state index contributed by atoms with van der Waals surface area (Å²) in [5, 5.41) is 1.92. The molecule has 0 radical (unpaired) electrons. The van der Waals surface area contributed by atoms with E-state index in [4.69, 9.17) is 0 Å². The van der Waals surface area contributed by atoms with E-state index in [-0.39, 0.29) is 11.8 Å². The van der Waals surface area contributed by atoms with Crippen LogP contribution in [0.15, 0.2) is 77.8 Å². The number of likely N-dealkylation sites (N-methyl/N-ethyl adjacent to an activating group) is 1. The Morgan fingerprint density at radius 2 is 1.48 bits per heavy atom. The largest absolute Gasteiger partial charge is 0.372 e. The maximum atomic E-state index is 13.6. The lowest BCUT2D eigenvalue weighted by atomic mass is 10.1. The molecule has 0 unspecified atom stereocenters. The van der Waals surface area contributed by atoms with Crippen molar-refractivity contribution in [1.29, 1.82) is 0 Å². The van der Waals surface area contributed by atoms with E-state index in [0.717, 1.165) is 29.3 Å². The predicted octanol–water partition coefficient (Wildman–Crippen LogP) is 5.02. The highest BCUT2D eigenvalue weighted by Crippen LogP contribution is 2.37. The van der Waals surface area contributed by atoms with Crippen LogP contribution in [0.1, 0.15) is 18.7 Å². The number of thiophene rings is 1. The normalized spacial score (nSPS) is 13.8. The van der Waals surface area contributed by atoms with Gasteiger partial charge in [0.05, 0.1) is 11.3 Å². The summed E-state index contributed by atoms with van der Waals surface area (Å²) in [5.41, 5.74) is 3.34. The summed E-state index contributed by atoms with van der Waals surface area (Å²) in [6.07, 6.45) is 0. The second kappa shape index (κ2) is 8.78. The highest BCUT2D eigenvalue weighted by atomic mass is 32.1. The number of rotatable bonds is 7. The van der Waals surface area contributed by atoms with Crippen molar-refractivity contribution in [3.05, 3.63) is 82.7 Å². The Labute approximate surface area is 186 Å². The number of hydrogen-bond donors (Lipinski definition) is 0. The van der Waals surface area contributed by atoms with E-state index < -0.39 is 0 Å². The lowest BCUT2D eigenvalue weighted by molar-refractivity contribution is -0.120. The van der Waals surface area contributed by atoms with Gasteiger partial charge in [0.2, 0.25) is 0 Å². The first kappa shape index (κ1) is 20.9. The SMILES string of the molecule is CCN(CC)c1ccc(N2C(=O)C(c3cccs3)=C(N(C)c3ccccc3)C2=O)cc1. The molecule has 0 aliphatic carbocycles. The molecule has 0 fully saturated rings. The Bertz CT molecular complexity index is 1100. The number of amides is 2. The van der Waals surface area contributed by atoms with Crippen LogP contribution in [0.2, 0.25) is 0 Å². The molecule has 0 atom stereocenters. The summed E-state index contributed by atoms with van der Waals surface area (Å²) >= 11 is 1.46. The fourth-order valence-electron chi connectivity index (χ4n) is 3.89. The van der Waals surface area contributed by atoms with Crippen molar-refractivity contribution < 1.29 is 9.59 Å². The van der Waals surface area contributed by atoms with Crippen molar-refractivity contribution >= 4 is 45.8 Å². The molecule has 31 heavy (non-hydrogen) atoms. The number of anilines is 3. The number of carbonyl (C=O) groups is 2. The van der Waals surface area contributed by atoms with Crippen molar-refractivity contribution in [2.24, 2.45) is 0 Å². The highest BCUT2D eigenvalue weighted by molar-refractivity contribution is 7.11. The zero-order chi connectivity index (χ0) is 22.0. The zero-order valence-electron chi connectivity index (χ0n) is 17.9. The van der Waals surface area contributed by atoms with Crippen LogP contribution in [0, 0.1) is 0 Å². The second-order valence-corrected chi connectivity index (χ2v) is 8.18. The molecule has 5 nitrogen and oxygen atoms in total. The number of para-hydroxylation sites is 1.